The van der Waals surface area contributed by atoms with Crippen LogP contribution in [-0.2, 0) is 11.8 Å². The molecule has 0 radical (unpaired) electrons. The molecule has 0 saturated carbocycles. The number of nitrogens with one attached hydrogen (secondary N) is 1. The fourth-order valence-corrected chi connectivity index (χ4v) is 3.74. The summed E-state index contributed by atoms with van der Waals surface area (Å²) in [5.41, 5.74) is 2.53. The van der Waals surface area contributed by atoms with Crippen molar-refractivity contribution in [1.82, 2.24) is 15.1 Å². The Hall–Kier alpha value is -2.32. The molecule has 0 spiro atoms. The number of benzene rings is 1. The highest BCUT2D eigenvalue weighted by atomic mass is 32.2. The van der Waals surface area contributed by atoms with Gasteiger partial charge < -0.3 is 14.8 Å². The topological polar surface area (TPSA) is 65.4 Å². The predicted molar refractivity (Wildman–Crippen MR) is 101 cm³/mol. The maximum atomic E-state index is 11.9. The molecule has 1 saturated heterocycles. The minimum absolute atomic E-state index is 0.177. The van der Waals surface area contributed by atoms with Gasteiger partial charge in [0.05, 0.1) is 23.8 Å². The van der Waals surface area contributed by atoms with E-state index in [1.165, 1.54) is 11.8 Å². The third-order valence-corrected chi connectivity index (χ3v) is 4.97. The van der Waals surface area contributed by atoms with Gasteiger partial charge in [0.1, 0.15) is 4.32 Å². The Labute approximate surface area is 154 Å². The number of carbonyl (C=O) groups excluding carboxylic acids is 1. The van der Waals surface area contributed by atoms with Crippen molar-refractivity contribution in [3.8, 4) is 22.8 Å². The van der Waals surface area contributed by atoms with E-state index in [0.29, 0.717) is 28.2 Å². The summed E-state index contributed by atoms with van der Waals surface area (Å²) in [4.78, 5) is 12.5. The lowest BCUT2D eigenvalue weighted by Crippen LogP contribution is -2.17. The summed E-state index contributed by atoms with van der Waals surface area (Å²) in [6, 6.07) is 5.77. The van der Waals surface area contributed by atoms with E-state index in [9.17, 15) is 4.79 Å². The Morgan fingerprint density at radius 2 is 2.12 bits per heavy atom. The van der Waals surface area contributed by atoms with Crippen LogP contribution in [0, 0.1) is 0 Å². The number of thioether (sulfide) groups is 1. The van der Waals surface area contributed by atoms with Crippen LogP contribution < -0.4 is 14.8 Å². The van der Waals surface area contributed by atoms with Gasteiger partial charge in [0.2, 0.25) is 0 Å². The second-order valence-electron chi connectivity index (χ2n) is 5.67. The Bertz CT molecular complexity index is 905. The summed E-state index contributed by atoms with van der Waals surface area (Å²) >= 11 is 6.30. The molecule has 1 aromatic heterocycles. The lowest BCUT2D eigenvalue weighted by molar-refractivity contribution is -0.115. The van der Waals surface area contributed by atoms with Crippen molar-refractivity contribution < 1.29 is 14.3 Å². The van der Waals surface area contributed by atoms with Crippen molar-refractivity contribution in [2.75, 3.05) is 13.2 Å². The molecule has 1 N–H and O–H groups in total. The molecule has 128 valence electrons. The molecule has 1 fully saturated rings. The van der Waals surface area contributed by atoms with Crippen LogP contribution in [0.15, 0.2) is 29.3 Å². The molecule has 2 aromatic rings. The molecule has 25 heavy (non-hydrogen) atoms. The second-order valence-corrected chi connectivity index (χ2v) is 7.39. The standard InChI is InChI=1S/C17H15N3O3S2/c1-20-9-11(8-14-16(21)18-17(24)25-14)15(19-20)10-3-4-12-13(7-10)23-6-2-5-22-12/h3-4,7-9H,2,5-6H2,1H3,(H,18,21,24)/b14-8-. The molecule has 0 atom stereocenters. The van der Waals surface area contributed by atoms with Crippen molar-refractivity contribution >= 4 is 40.3 Å². The van der Waals surface area contributed by atoms with Gasteiger partial charge in [0.15, 0.2) is 11.5 Å². The number of hydrogen-bond acceptors (Lipinski definition) is 6. The molecule has 3 heterocycles. The van der Waals surface area contributed by atoms with Gasteiger partial charge in [-0.15, -0.1) is 0 Å². The molecule has 1 aromatic carbocycles. The van der Waals surface area contributed by atoms with Gasteiger partial charge in [-0.25, -0.2) is 0 Å². The van der Waals surface area contributed by atoms with Gasteiger partial charge in [0.25, 0.3) is 5.91 Å². The quantitative estimate of drug-likeness (QED) is 0.645. The highest BCUT2D eigenvalue weighted by molar-refractivity contribution is 8.26. The fraction of sp³-hybridized carbons (Fsp3) is 0.235. The van der Waals surface area contributed by atoms with Crippen molar-refractivity contribution in [3.05, 3.63) is 34.9 Å². The van der Waals surface area contributed by atoms with Crippen molar-refractivity contribution in [1.29, 1.82) is 0 Å². The number of rotatable bonds is 2. The van der Waals surface area contributed by atoms with Crippen molar-refractivity contribution in [2.24, 2.45) is 7.05 Å². The first-order chi connectivity index (χ1) is 12.1. The molecule has 4 rings (SSSR count). The largest absolute Gasteiger partial charge is 0.490 e. The number of nitrogens with zero attached hydrogens (tertiary/aromatic N) is 2. The Kier molecular flexibility index (Phi) is 4.22. The average Bonchev–Trinajstić information content (AvgIpc) is 2.99. The number of amides is 1. The summed E-state index contributed by atoms with van der Waals surface area (Å²) in [6.45, 7) is 1.28. The number of thiocarbonyl (C=S) groups is 1. The molecule has 1 amide bonds. The van der Waals surface area contributed by atoms with E-state index in [-0.39, 0.29) is 5.91 Å². The Balaban J connectivity index is 1.74. The zero-order valence-corrected chi connectivity index (χ0v) is 15.1. The zero-order valence-electron chi connectivity index (χ0n) is 13.4. The molecular weight excluding hydrogens is 358 g/mol. The van der Waals surface area contributed by atoms with Crippen LogP contribution >= 0.6 is 24.0 Å². The number of fused-ring (bicyclic) bond motifs is 1. The monoisotopic (exact) mass is 373 g/mol. The molecule has 2 aliphatic rings. The molecule has 2 aliphatic heterocycles. The summed E-state index contributed by atoms with van der Waals surface area (Å²) in [5.74, 6) is 1.28. The Morgan fingerprint density at radius 1 is 1.32 bits per heavy atom. The summed E-state index contributed by atoms with van der Waals surface area (Å²) < 4.78 is 13.6. The first kappa shape index (κ1) is 16.2. The van der Waals surface area contributed by atoms with Crippen LogP contribution in [0.2, 0.25) is 0 Å². The van der Waals surface area contributed by atoms with E-state index >= 15 is 0 Å². The third-order valence-electron chi connectivity index (χ3n) is 3.81. The van der Waals surface area contributed by atoms with E-state index in [4.69, 9.17) is 21.7 Å². The molecule has 0 unspecified atom stereocenters. The van der Waals surface area contributed by atoms with Crippen LogP contribution in [0.1, 0.15) is 12.0 Å². The predicted octanol–water partition coefficient (Wildman–Crippen LogP) is 2.74. The average molecular weight is 373 g/mol. The summed E-state index contributed by atoms with van der Waals surface area (Å²) in [7, 11) is 1.85. The van der Waals surface area contributed by atoms with Gasteiger partial charge >= 0.3 is 0 Å². The molecule has 0 bridgehead atoms. The van der Waals surface area contributed by atoms with Crippen LogP contribution in [0.3, 0.4) is 0 Å². The summed E-state index contributed by atoms with van der Waals surface area (Å²) in [6.07, 6.45) is 4.54. The van der Waals surface area contributed by atoms with Crippen molar-refractivity contribution in [2.45, 2.75) is 6.42 Å². The normalized spacial score (nSPS) is 18.4. The van der Waals surface area contributed by atoms with Gasteiger partial charge in [-0.05, 0) is 24.3 Å². The maximum absolute atomic E-state index is 11.9. The minimum atomic E-state index is -0.177. The first-order valence-corrected chi connectivity index (χ1v) is 9.01. The SMILES string of the molecule is Cn1cc(/C=C2\SC(=S)NC2=O)c(-c2ccc3c(c2)OCCCO3)n1. The third kappa shape index (κ3) is 3.27. The zero-order chi connectivity index (χ0) is 17.4. The number of aryl methyl sites for hydroxylation is 1. The lowest BCUT2D eigenvalue weighted by Gasteiger charge is -2.08. The number of ether oxygens (including phenoxy) is 2. The van der Waals surface area contributed by atoms with Gasteiger partial charge in [-0.1, -0.05) is 24.0 Å². The molecule has 0 aliphatic carbocycles. The van der Waals surface area contributed by atoms with E-state index in [1.54, 1.807) is 4.68 Å². The lowest BCUT2D eigenvalue weighted by atomic mass is 10.1. The van der Waals surface area contributed by atoms with Gasteiger partial charge in [-0.3, -0.25) is 9.48 Å². The minimum Gasteiger partial charge on any atom is -0.490 e. The van der Waals surface area contributed by atoms with Crippen LogP contribution in [0.4, 0.5) is 0 Å². The smallest absolute Gasteiger partial charge is 0.263 e. The number of aromatic nitrogens is 2. The first-order valence-electron chi connectivity index (χ1n) is 7.79. The van der Waals surface area contributed by atoms with E-state index in [0.717, 1.165) is 29.0 Å². The highest BCUT2D eigenvalue weighted by Gasteiger charge is 2.23. The fourth-order valence-electron chi connectivity index (χ4n) is 2.71. The maximum Gasteiger partial charge on any atom is 0.263 e. The van der Waals surface area contributed by atoms with Crippen molar-refractivity contribution in [3.63, 3.8) is 0 Å². The molecule has 8 heteroatoms. The van der Waals surface area contributed by atoms with E-state index < -0.39 is 0 Å². The van der Waals surface area contributed by atoms with Gasteiger partial charge in [-0.2, -0.15) is 5.10 Å². The highest BCUT2D eigenvalue weighted by Crippen LogP contribution is 2.36. The molecule has 6 nitrogen and oxygen atoms in total. The second kappa shape index (κ2) is 6.53. The van der Waals surface area contributed by atoms with Crippen LogP contribution in [0.25, 0.3) is 17.3 Å². The van der Waals surface area contributed by atoms with Crippen LogP contribution in [-0.4, -0.2) is 33.2 Å². The van der Waals surface area contributed by atoms with Gasteiger partial charge in [0, 0.05) is 30.8 Å². The Morgan fingerprint density at radius 3 is 2.88 bits per heavy atom. The number of carbonyl (C=O) groups is 1. The van der Waals surface area contributed by atoms with E-state index in [2.05, 4.69) is 10.4 Å². The summed E-state index contributed by atoms with van der Waals surface area (Å²) in [5, 5.41) is 7.17. The van der Waals surface area contributed by atoms with Crippen LogP contribution in [0.5, 0.6) is 11.5 Å². The molecular formula is C17H15N3O3S2. The van der Waals surface area contributed by atoms with E-state index in [1.807, 2.05) is 37.5 Å². The number of hydrogen-bond donors (Lipinski definition) is 1.